The molecule has 0 spiro atoms. The molecule has 5 heteroatoms. The number of hydrogen-bond acceptors (Lipinski definition) is 1. The largest absolute Gasteiger partial charge is 0.375 e. The van der Waals surface area contributed by atoms with Crippen molar-refractivity contribution >= 4 is 0 Å². The Morgan fingerprint density at radius 1 is 1.09 bits per heavy atom. The van der Waals surface area contributed by atoms with Crippen LogP contribution in [0.3, 0.4) is 0 Å². The van der Waals surface area contributed by atoms with Gasteiger partial charge in [-0.15, -0.1) is 0 Å². The molecule has 3 atom stereocenters. The van der Waals surface area contributed by atoms with Crippen molar-refractivity contribution in [2.24, 2.45) is 0 Å². The molecule has 0 saturated heterocycles. The van der Waals surface area contributed by atoms with Gasteiger partial charge < -0.3 is 4.74 Å². The molecular weight excluding hydrogens is 164 g/mol. The van der Waals surface area contributed by atoms with Crippen LogP contribution >= 0.6 is 0 Å². The van der Waals surface area contributed by atoms with E-state index >= 15 is 0 Å². The third kappa shape index (κ3) is 3.05. The van der Waals surface area contributed by atoms with Crippen LogP contribution in [0, 0.1) is 0 Å². The Kier molecular flexibility index (Phi) is 4.40. The molecule has 0 aliphatic heterocycles. The molecule has 0 N–H and O–H groups in total. The monoisotopic (exact) mass is 174 g/mol. The SMILES string of the molecule is COC(C(C)F)C(F)C(F)F. The second kappa shape index (κ2) is 4.54. The number of hydrogen-bond donors (Lipinski definition) is 0. The van der Waals surface area contributed by atoms with Crippen molar-refractivity contribution in [2.75, 3.05) is 7.11 Å². The van der Waals surface area contributed by atoms with Crippen molar-refractivity contribution in [3.05, 3.63) is 0 Å². The third-order valence-electron chi connectivity index (χ3n) is 1.28. The van der Waals surface area contributed by atoms with Gasteiger partial charge in [-0.2, -0.15) is 0 Å². The number of halogens is 4. The van der Waals surface area contributed by atoms with Gasteiger partial charge in [0.15, 0.2) is 6.17 Å². The molecule has 0 aromatic carbocycles. The predicted molar refractivity (Wildman–Crippen MR) is 32.3 cm³/mol. The van der Waals surface area contributed by atoms with Gasteiger partial charge in [-0.3, -0.25) is 0 Å². The van der Waals surface area contributed by atoms with E-state index in [9.17, 15) is 17.6 Å². The Labute approximate surface area is 62.3 Å². The molecule has 0 aliphatic rings. The highest BCUT2D eigenvalue weighted by Crippen LogP contribution is 2.17. The average molecular weight is 174 g/mol. The van der Waals surface area contributed by atoms with E-state index in [1.54, 1.807) is 0 Å². The van der Waals surface area contributed by atoms with E-state index in [1.165, 1.54) is 0 Å². The fraction of sp³-hybridized carbons (Fsp3) is 1.00. The first-order chi connectivity index (χ1) is 5.00. The Bertz CT molecular complexity index is 107. The van der Waals surface area contributed by atoms with Gasteiger partial charge in [0.25, 0.3) is 6.43 Å². The lowest BCUT2D eigenvalue weighted by atomic mass is 10.1. The van der Waals surface area contributed by atoms with Gasteiger partial charge >= 0.3 is 0 Å². The third-order valence-corrected chi connectivity index (χ3v) is 1.28. The van der Waals surface area contributed by atoms with Gasteiger partial charge in [0.1, 0.15) is 12.3 Å². The van der Waals surface area contributed by atoms with Crippen LogP contribution in [0.5, 0.6) is 0 Å². The zero-order valence-corrected chi connectivity index (χ0v) is 6.23. The van der Waals surface area contributed by atoms with Gasteiger partial charge in [0, 0.05) is 7.11 Å². The lowest BCUT2D eigenvalue weighted by Crippen LogP contribution is -2.36. The summed E-state index contributed by atoms with van der Waals surface area (Å²) in [5.74, 6) is 0. The number of ether oxygens (including phenoxy) is 1. The summed E-state index contributed by atoms with van der Waals surface area (Å²) in [4.78, 5) is 0. The second-order valence-electron chi connectivity index (χ2n) is 2.16. The summed E-state index contributed by atoms with van der Waals surface area (Å²) in [5.41, 5.74) is 0. The van der Waals surface area contributed by atoms with Crippen molar-refractivity contribution in [1.82, 2.24) is 0 Å². The second-order valence-corrected chi connectivity index (χ2v) is 2.16. The Morgan fingerprint density at radius 3 is 1.64 bits per heavy atom. The Balaban J connectivity index is 4.02. The molecule has 68 valence electrons. The van der Waals surface area contributed by atoms with Gasteiger partial charge in [-0.25, -0.2) is 17.6 Å². The summed E-state index contributed by atoms with van der Waals surface area (Å²) < 4.78 is 52.0. The molecule has 0 saturated carbocycles. The van der Waals surface area contributed by atoms with Crippen molar-refractivity contribution < 1.29 is 22.3 Å². The maximum atomic E-state index is 12.3. The summed E-state index contributed by atoms with van der Waals surface area (Å²) in [6, 6.07) is 0. The van der Waals surface area contributed by atoms with Gasteiger partial charge in [0.05, 0.1) is 0 Å². The topological polar surface area (TPSA) is 9.23 Å². The minimum absolute atomic E-state index is 0.975. The lowest BCUT2D eigenvalue weighted by molar-refractivity contribution is -0.0755. The fourth-order valence-electron chi connectivity index (χ4n) is 0.714. The molecule has 0 radical (unpaired) electrons. The highest BCUT2D eigenvalue weighted by molar-refractivity contribution is 4.76. The predicted octanol–water partition coefficient (Wildman–Crippen LogP) is 1.96. The van der Waals surface area contributed by atoms with Crippen LogP contribution < -0.4 is 0 Å². The van der Waals surface area contributed by atoms with E-state index in [4.69, 9.17) is 0 Å². The van der Waals surface area contributed by atoms with Crippen molar-refractivity contribution in [1.29, 1.82) is 0 Å². The van der Waals surface area contributed by atoms with Crippen LogP contribution in [0.2, 0.25) is 0 Å². The molecule has 0 aromatic heterocycles. The molecule has 3 unspecified atom stereocenters. The highest BCUT2D eigenvalue weighted by Gasteiger charge is 2.33. The lowest BCUT2D eigenvalue weighted by Gasteiger charge is -2.19. The zero-order chi connectivity index (χ0) is 9.02. The number of alkyl halides is 4. The molecule has 0 aliphatic carbocycles. The first-order valence-corrected chi connectivity index (χ1v) is 3.09. The molecule has 0 amide bonds. The maximum Gasteiger partial charge on any atom is 0.272 e. The van der Waals surface area contributed by atoms with Crippen LogP contribution in [-0.2, 0) is 4.74 Å². The van der Waals surface area contributed by atoms with E-state index in [0.29, 0.717) is 0 Å². The van der Waals surface area contributed by atoms with E-state index in [0.717, 1.165) is 14.0 Å². The quantitative estimate of drug-likeness (QED) is 0.592. The standard InChI is InChI=1S/C6H10F4O/c1-3(7)5(11-2)4(8)6(9)10/h3-6H,1-2H3. The van der Waals surface area contributed by atoms with Crippen LogP contribution in [0.1, 0.15) is 6.92 Å². The van der Waals surface area contributed by atoms with E-state index in [-0.39, 0.29) is 0 Å². The van der Waals surface area contributed by atoms with Gasteiger partial charge in [-0.05, 0) is 6.92 Å². The average Bonchev–Trinajstić information content (AvgIpc) is 1.88. The first kappa shape index (κ1) is 10.7. The summed E-state index contributed by atoms with van der Waals surface area (Å²) in [5, 5.41) is 0. The minimum atomic E-state index is -3.20. The fourth-order valence-corrected chi connectivity index (χ4v) is 0.714. The smallest absolute Gasteiger partial charge is 0.272 e. The van der Waals surface area contributed by atoms with Crippen LogP contribution in [0.15, 0.2) is 0 Å². The first-order valence-electron chi connectivity index (χ1n) is 3.09. The van der Waals surface area contributed by atoms with E-state index < -0.39 is 24.9 Å². The van der Waals surface area contributed by atoms with Crippen LogP contribution in [0.25, 0.3) is 0 Å². The molecule has 0 bridgehead atoms. The summed E-state index contributed by atoms with van der Waals surface area (Å²) in [6.45, 7) is 0.975. The molecular formula is C6H10F4O. The highest BCUT2D eigenvalue weighted by atomic mass is 19.3. The van der Waals surface area contributed by atoms with Crippen LogP contribution in [-0.4, -0.2) is 32.0 Å². The normalized spacial score (nSPS) is 19.9. The van der Waals surface area contributed by atoms with Crippen LogP contribution in [0.4, 0.5) is 17.6 Å². The molecule has 0 rings (SSSR count). The van der Waals surface area contributed by atoms with E-state index in [1.807, 2.05) is 0 Å². The van der Waals surface area contributed by atoms with Crippen molar-refractivity contribution in [2.45, 2.75) is 31.8 Å². The van der Waals surface area contributed by atoms with Gasteiger partial charge in [-0.1, -0.05) is 0 Å². The summed E-state index contributed by atoms with van der Waals surface area (Å²) in [6.07, 6.45) is -9.16. The van der Waals surface area contributed by atoms with Crippen molar-refractivity contribution in [3.8, 4) is 0 Å². The number of methoxy groups -OCH3 is 1. The van der Waals surface area contributed by atoms with Crippen molar-refractivity contribution in [3.63, 3.8) is 0 Å². The summed E-state index contributed by atoms with van der Waals surface area (Å²) >= 11 is 0. The van der Waals surface area contributed by atoms with E-state index in [2.05, 4.69) is 4.74 Å². The molecule has 11 heavy (non-hydrogen) atoms. The van der Waals surface area contributed by atoms with Gasteiger partial charge in [0.2, 0.25) is 0 Å². The minimum Gasteiger partial charge on any atom is -0.375 e. The zero-order valence-electron chi connectivity index (χ0n) is 6.23. The molecule has 1 nitrogen and oxygen atoms in total. The molecule has 0 fully saturated rings. The maximum absolute atomic E-state index is 12.3. The molecule has 0 aromatic rings. The Hall–Kier alpha value is -0.320. The molecule has 0 heterocycles. The Morgan fingerprint density at radius 2 is 1.55 bits per heavy atom. The summed E-state index contributed by atoms with van der Waals surface area (Å²) in [7, 11) is 0.996. The number of rotatable bonds is 4.